The normalized spacial score (nSPS) is 10.6. The number of ether oxygens (including phenoxy) is 1. The van der Waals surface area contributed by atoms with Crippen LogP contribution < -0.4 is 4.90 Å². The minimum Gasteiger partial charge on any atom is -0.383 e. The number of fused-ring (bicyclic) bond motifs is 1. The largest absolute Gasteiger partial charge is 0.383 e. The van der Waals surface area contributed by atoms with E-state index < -0.39 is 0 Å². The fourth-order valence-corrected chi connectivity index (χ4v) is 2.66. The topological polar surface area (TPSA) is 62.0 Å². The molecule has 0 spiro atoms. The minimum absolute atomic E-state index is 0.301. The number of anilines is 1. The lowest BCUT2D eigenvalue weighted by Crippen LogP contribution is -2.28. The first-order valence-corrected chi connectivity index (χ1v) is 7.85. The summed E-state index contributed by atoms with van der Waals surface area (Å²) in [6.45, 7) is 1.67. The SMILES string of the molecule is COCCN(Cc1ccc(C#N)cc1)c1ncnc2c(F)cccc12. The Morgan fingerprint density at radius 3 is 2.68 bits per heavy atom. The maximum atomic E-state index is 14.0. The Labute approximate surface area is 145 Å². The molecule has 0 saturated heterocycles. The number of nitrogens with zero attached hydrogens (tertiary/aromatic N) is 4. The Hall–Kier alpha value is -3.04. The molecule has 6 heteroatoms. The van der Waals surface area contributed by atoms with Crippen molar-refractivity contribution >= 4 is 16.7 Å². The standard InChI is InChI=1S/C19H17FN4O/c1-25-10-9-24(12-15-7-5-14(11-21)6-8-15)19-16-3-2-4-17(20)18(16)22-13-23-19/h2-8,13H,9-10,12H2,1H3. The molecule has 0 aliphatic carbocycles. The van der Waals surface area contributed by atoms with Crippen molar-refractivity contribution in [1.82, 2.24) is 9.97 Å². The fraction of sp³-hybridized carbons (Fsp3) is 0.211. The summed E-state index contributed by atoms with van der Waals surface area (Å²) in [7, 11) is 1.64. The van der Waals surface area contributed by atoms with Gasteiger partial charge in [0.25, 0.3) is 0 Å². The van der Waals surface area contributed by atoms with Gasteiger partial charge in [0.05, 0.1) is 18.2 Å². The molecule has 0 radical (unpaired) electrons. The third-order valence-electron chi connectivity index (χ3n) is 3.92. The van der Waals surface area contributed by atoms with Gasteiger partial charge >= 0.3 is 0 Å². The van der Waals surface area contributed by atoms with Crippen LogP contribution in [0.25, 0.3) is 10.9 Å². The molecular weight excluding hydrogens is 319 g/mol. The molecule has 0 saturated carbocycles. The molecule has 3 aromatic rings. The van der Waals surface area contributed by atoms with Gasteiger partial charge in [0.2, 0.25) is 0 Å². The molecule has 25 heavy (non-hydrogen) atoms. The molecule has 0 fully saturated rings. The second-order valence-electron chi connectivity index (χ2n) is 5.56. The molecule has 3 rings (SSSR count). The van der Waals surface area contributed by atoms with Gasteiger partial charge in [-0.1, -0.05) is 18.2 Å². The van der Waals surface area contributed by atoms with Gasteiger partial charge in [-0.15, -0.1) is 0 Å². The number of hydrogen-bond acceptors (Lipinski definition) is 5. The molecule has 0 N–H and O–H groups in total. The first kappa shape index (κ1) is 16.8. The highest BCUT2D eigenvalue weighted by Gasteiger charge is 2.14. The van der Waals surface area contributed by atoms with Crippen LogP contribution in [-0.4, -0.2) is 30.2 Å². The van der Waals surface area contributed by atoms with Gasteiger partial charge in [0, 0.05) is 25.6 Å². The molecule has 0 atom stereocenters. The van der Waals surface area contributed by atoms with E-state index in [9.17, 15) is 4.39 Å². The number of benzene rings is 2. The maximum Gasteiger partial charge on any atom is 0.149 e. The van der Waals surface area contributed by atoms with Crippen molar-refractivity contribution in [2.75, 3.05) is 25.2 Å². The third-order valence-corrected chi connectivity index (χ3v) is 3.92. The van der Waals surface area contributed by atoms with Crippen molar-refractivity contribution in [2.24, 2.45) is 0 Å². The number of hydrogen-bond donors (Lipinski definition) is 0. The van der Waals surface area contributed by atoms with Crippen LogP contribution in [0, 0.1) is 17.1 Å². The van der Waals surface area contributed by atoms with Gasteiger partial charge in [-0.3, -0.25) is 0 Å². The van der Waals surface area contributed by atoms with E-state index in [0.717, 1.165) is 5.56 Å². The molecule has 0 bridgehead atoms. The molecule has 1 heterocycles. The average molecular weight is 336 g/mol. The lowest BCUT2D eigenvalue weighted by atomic mass is 10.1. The first-order valence-electron chi connectivity index (χ1n) is 7.85. The van der Waals surface area contributed by atoms with Crippen LogP contribution in [0.2, 0.25) is 0 Å². The summed E-state index contributed by atoms with van der Waals surface area (Å²) < 4.78 is 19.2. The van der Waals surface area contributed by atoms with Gasteiger partial charge < -0.3 is 9.64 Å². The highest BCUT2D eigenvalue weighted by atomic mass is 19.1. The van der Waals surface area contributed by atoms with E-state index in [1.807, 2.05) is 23.1 Å². The van der Waals surface area contributed by atoms with Crippen LogP contribution in [-0.2, 0) is 11.3 Å². The van der Waals surface area contributed by atoms with Crippen molar-refractivity contribution < 1.29 is 9.13 Å². The van der Waals surface area contributed by atoms with Crippen molar-refractivity contribution in [3.63, 3.8) is 0 Å². The number of aromatic nitrogens is 2. The Morgan fingerprint density at radius 1 is 1.16 bits per heavy atom. The van der Waals surface area contributed by atoms with Crippen LogP contribution in [0.4, 0.5) is 10.2 Å². The molecule has 5 nitrogen and oxygen atoms in total. The molecule has 2 aromatic carbocycles. The zero-order valence-electron chi connectivity index (χ0n) is 13.8. The van der Waals surface area contributed by atoms with Crippen LogP contribution in [0.1, 0.15) is 11.1 Å². The monoisotopic (exact) mass is 336 g/mol. The second kappa shape index (κ2) is 7.69. The first-order chi connectivity index (χ1) is 12.2. The Kier molecular flexibility index (Phi) is 5.17. The van der Waals surface area contributed by atoms with Gasteiger partial charge in [-0.25, -0.2) is 14.4 Å². The van der Waals surface area contributed by atoms with Crippen LogP contribution in [0.5, 0.6) is 0 Å². The van der Waals surface area contributed by atoms with Crippen molar-refractivity contribution in [2.45, 2.75) is 6.54 Å². The van der Waals surface area contributed by atoms with E-state index in [0.29, 0.717) is 42.0 Å². The Morgan fingerprint density at radius 2 is 1.96 bits per heavy atom. The summed E-state index contributed by atoms with van der Waals surface area (Å²) in [6, 6.07) is 14.3. The highest BCUT2D eigenvalue weighted by Crippen LogP contribution is 2.25. The van der Waals surface area contributed by atoms with E-state index >= 15 is 0 Å². The summed E-state index contributed by atoms with van der Waals surface area (Å²) >= 11 is 0. The predicted molar refractivity (Wildman–Crippen MR) is 93.6 cm³/mol. The predicted octanol–water partition coefficient (Wildman–Crippen LogP) is 3.29. The minimum atomic E-state index is -0.369. The number of methoxy groups -OCH3 is 1. The van der Waals surface area contributed by atoms with Crippen LogP contribution in [0.3, 0.4) is 0 Å². The molecule has 0 unspecified atom stereocenters. The zero-order valence-corrected chi connectivity index (χ0v) is 13.8. The van der Waals surface area contributed by atoms with Crippen molar-refractivity contribution in [3.05, 3.63) is 65.7 Å². The van der Waals surface area contributed by atoms with Crippen molar-refractivity contribution in [1.29, 1.82) is 5.26 Å². The molecule has 0 aliphatic heterocycles. The smallest absolute Gasteiger partial charge is 0.149 e. The molecule has 0 amide bonds. The van der Waals surface area contributed by atoms with E-state index in [1.54, 1.807) is 25.3 Å². The quantitative estimate of drug-likeness (QED) is 0.691. The Balaban J connectivity index is 1.98. The summed E-state index contributed by atoms with van der Waals surface area (Å²) in [5.41, 5.74) is 1.94. The summed E-state index contributed by atoms with van der Waals surface area (Å²) in [6.07, 6.45) is 1.37. The van der Waals surface area contributed by atoms with Gasteiger partial charge in [0.15, 0.2) is 0 Å². The second-order valence-corrected chi connectivity index (χ2v) is 5.56. The average Bonchev–Trinajstić information content (AvgIpc) is 2.66. The van der Waals surface area contributed by atoms with Gasteiger partial charge in [0.1, 0.15) is 23.5 Å². The summed E-state index contributed by atoms with van der Waals surface area (Å²) in [4.78, 5) is 10.4. The maximum absolute atomic E-state index is 14.0. The number of halogens is 1. The lowest BCUT2D eigenvalue weighted by Gasteiger charge is -2.24. The van der Waals surface area contributed by atoms with Crippen LogP contribution in [0.15, 0.2) is 48.8 Å². The fourth-order valence-electron chi connectivity index (χ4n) is 2.66. The number of nitriles is 1. The van der Waals surface area contributed by atoms with E-state index in [2.05, 4.69) is 16.0 Å². The molecule has 0 aliphatic rings. The van der Waals surface area contributed by atoms with Crippen molar-refractivity contribution in [3.8, 4) is 6.07 Å². The summed E-state index contributed by atoms with van der Waals surface area (Å²) in [5.74, 6) is 0.289. The van der Waals surface area contributed by atoms with E-state index in [1.165, 1.54) is 12.4 Å². The van der Waals surface area contributed by atoms with E-state index in [-0.39, 0.29) is 5.82 Å². The van der Waals surface area contributed by atoms with Gasteiger partial charge in [-0.2, -0.15) is 5.26 Å². The number of para-hydroxylation sites is 1. The zero-order chi connectivity index (χ0) is 17.6. The van der Waals surface area contributed by atoms with E-state index in [4.69, 9.17) is 10.00 Å². The molecule has 1 aromatic heterocycles. The summed E-state index contributed by atoms with van der Waals surface area (Å²) in [5, 5.41) is 9.58. The third kappa shape index (κ3) is 3.73. The lowest BCUT2D eigenvalue weighted by molar-refractivity contribution is 0.205. The molecule has 126 valence electrons. The van der Waals surface area contributed by atoms with Crippen LogP contribution >= 0.6 is 0 Å². The van der Waals surface area contributed by atoms with Gasteiger partial charge in [-0.05, 0) is 29.8 Å². The Bertz CT molecular complexity index is 905. The highest BCUT2D eigenvalue weighted by molar-refractivity contribution is 5.89. The number of rotatable bonds is 6. The molecular formula is C19H17FN4O.